The first-order valence-corrected chi connectivity index (χ1v) is 6.08. The van der Waals surface area contributed by atoms with Crippen molar-refractivity contribution < 1.29 is 4.74 Å². The van der Waals surface area contributed by atoms with Crippen LogP contribution in [-0.4, -0.2) is 7.11 Å². The Morgan fingerprint density at radius 1 is 0.778 bits per heavy atom. The van der Waals surface area contributed by atoms with E-state index >= 15 is 0 Å². The van der Waals surface area contributed by atoms with Crippen molar-refractivity contribution in [2.45, 2.75) is 13.8 Å². The summed E-state index contributed by atoms with van der Waals surface area (Å²) in [6.07, 6.45) is 4.23. The van der Waals surface area contributed by atoms with Crippen molar-refractivity contribution in [1.29, 1.82) is 0 Å². The van der Waals surface area contributed by atoms with Gasteiger partial charge in [-0.1, -0.05) is 48.0 Å². The Hall–Kier alpha value is -2.02. The average molecular weight is 238 g/mol. The number of ether oxygens (including phenoxy) is 1. The average Bonchev–Trinajstić information content (AvgIpc) is 2.37. The summed E-state index contributed by atoms with van der Waals surface area (Å²) in [7, 11) is 1.70. The first-order chi connectivity index (χ1) is 8.67. The van der Waals surface area contributed by atoms with Gasteiger partial charge in [-0.15, -0.1) is 0 Å². The van der Waals surface area contributed by atoms with E-state index < -0.39 is 0 Å². The first-order valence-electron chi connectivity index (χ1n) is 6.08. The third-order valence-corrected chi connectivity index (χ3v) is 2.85. The molecule has 0 N–H and O–H groups in total. The van der Waals surface area contributed by atoms with Gasteiger partial charge in [0.25, 0.3) is 0 Å². The zero-order chi connectivity index (χ0) is 13.0. The maximum Gasteiger partial charge on any atom is 0.119 e. The zero-order valence-electron chi connectivity index (χ0n) is 11.1. The molecule has 1 nitrogen and oxygen atoms in total. The topological polar surface area (TPSA) is 9.23 Å². The van der Waals surface area contributed by atoms with Gasteiger partial charge in [-0.25, -0.2) is 0 Å². The fourth-order valence-corrected chi connectivity index (χ4v) is 1.86. The summed E-state index contributed by atoms with van der Waals surface area (Å²) in [5.41, 5.74) is 4.86. The Morgan fingerprint density at radius 3 is 2.11 bits per heavy atom. The predicted molar refractivity (Wildman–Crippen MR) is 77.8 cm³/mol. The molecule has 0 saturated carbocycles. The molecular weight excluding hydrogens is 220 g/mol. The summed E-state index contributed by atoms with van der Waals surface area (Å²) in [6.45, 7) is 4.17. The summed E-state index contributed by atoms with van der Waals surface area (Å²) in [6, 6.07) is 14.7. The Morgan fingerprint density at radius 2 is 1.44 bits per heavy atom. The minimum absolute atomic E-state index is 0.901. The number of hydrogen-bond acceptors (Lipinski definition) is 1. The molecule has 0 bridgehead atoms. The fourth-order valence-electron chi connectivity index (χ4n) is 1.86. The number of methoxy groups -OCH3 is 1. The highest BCUT2D eigenvalue weighted by Gasteiger charge is 1.95. The van der Waals surface area contributed by atoms with E-state index in [-0.39, 0.29) is 0 Å². The Bertz CT molecular complexity index is 550. The van der Waals surface area contributed by atoms with E-state index in [1.807, 2.05) is 12.1 Å². The molecule has 92 valence electrons. The largest absolute Gasteiger partial charge is 0.497 e. The molecule has 0 radical (unpaired) electrons. The van der Waals surface area contributed by atoms with Gasteiger partial charge in [0.15, 0.2) is 0 Å². The highest BCUT2D eigenvalue weighted by molar-refractivity contribution is 5.70. The van der Waals surface area contributed by atoms with Gasteiger partial charge in [0, 0.05) is 0 Å². The van der Waals surface area contributed by atoms with Crippen LogP contribution in [0, 0.1) is 13.8 Å². The van der Waals surface area contributed by atoms with Gasteiger partial charge < -0.3 is 4.74 Å². The van der Waals surface area contributed by atoms with E-state index in [0.717, 1.165) is 11.3 Å². The van der Waals surface area contributed by atoms with Crippen LogP contribution in [0.1, 0.15) is 22.3 Å². The smallest absolute Gasteiger partial charge is 0.119 e. The molecule has 0 amide bonds. The Balaban J connectivity index is 2.22. The van der Waals surface area contributed by atoms with Crippen molar-refractivity contribution in [2.75, 3.05) is 7.11 Å². The Labute approximate surface area is 109 Å². The number of benzene rings is 2. The molecule has 0 spiro atoms. The molecule has 0 unspecified atom stereocenters. The first kappa shape index (κ1) is 12.4. The SMILES string of the molecule is COc1cc(C)cc(/C=C\c2ccc(C)cc2)c1. The summed E-state index contributed by atoms with van der Waals surface area (Å²) < 4.78 is 5.27. The van der Waals surface area contributed by atoms with Gasteiger partial charge in [-0.05, 0) is 42.7 Å². The molecule has 18 heavy (non-hydrogen) atoms. The van der Waals surface area contributed by atoms with Crippen molar-refractivity contribution in [1.82, 2.24) is 0 Å². The molecule has 0 aliphatic carbocycles. The Kier molecular flexibility index (Phi) is 3.83. The van der Waals surface area contributed by atoms with E-state index in [4.69, 9.17) is 4.74 Å². The van der Waals surface area contributed by atoms with Crippen molar-refractivity contribution in [3.05, 3.63) is 64.7 Å². The third kappa shape index (κ3) is 3.24. The highest BCUT2D eigenvalue weighted by Crippen LogP contribution is 2.18. The summed E-state index contributed by atoms with van der Waals surface area (Å²) >= 11 is 0. The van der Waals surface area contributed by atoms with Gasteiger partial charge in [0.2, 0.25) is 0 Å². The predicted octanol–water partition coefficient (Wildman–Crippen LogP) is 4.48. The molecule has 0 aliphatic heterocycles. The van der Waals surface area contributed by atoms with Crippen LogP contribution in [0.4, 0.5) is 0 Å². The van der Waals surface area contributed by atoms with Crippen LogP contribution in [0.15, 0.2) is 42.5 Å². The third-order valence-electron chi connectivity index (χ3n) is 2.85. The van der Waals surface area contributed by atoms with Gasteiger partial charge in [-0.3, -0.25) is 0 Å². The second-order valence-electron chi connectivity index (χ2n) is 4.53. The lowest BCUT2D eigenvalue weighted by Crippen LogP contribution is -1.85. The normalized spacial score (nSPS) is 10.8. The second kappa shape index (κ2) is 5.54. The molecule has 0 saturated heterocycles. The van der Waals surface area contributed by atoms with Crippen LogP contribution in [0.3, 0.4) is 0 Å². The minimum Gasteiger partial charge on any atom is -0.497 e. The van der Waals surface area contributed by atoms with Crippen molar-refractivity contribution in [2.24, 2.45) is 0 Å². The van der Waals surface area contributed by atoms with Gasteiger partial charge >= 0.3 is 0 Å². The molecule has 2 aromatic rings. The van der Waals surface area contributed by atoms with Crippen LogP contribution in [-0.2, 0) is 0 Å². The van der Waals surface area contributed by atoms with Gasteiger partial charge in [0.1, 0.15) is 5.75 Å². The summed E-state index contributed by atoms with van der Waals surface area (Å²) in [5.74, 6) is 0.901. The van der Waals surface area contributed by atoms with Crippen LogP contribution >= 0.6 is 0 Å². The van der Waals surface area contributed by atoms with Gasteiger partial charge in [0.05, 0.1) is 7.11 Å². The second-order valence-corrected chi connectivity index (χ2v) is 4.53. The van der Waals surface area contributed by atoms with E-state index in [1.165, 1.54) is 16.7 Å². The quantitative estimate of drug-likeness (QED) is 0.716. The maximum atomic E-state index is 5.27. The minimum atomic E-state index is 0.901. The zero-order valence-corrected chi connectivity index (χ0v) is 11.1. The highest BCUT2D eigenvalue weighted by atomic mass is 16.5. The molecule has 1 heteroatoms. The molecule has 0 fully saturated rings. The molecule has 2 rings (SSSR count). The lowest BCUT2D eigenvalue weighted by Gasteiger charge is -2.03. The molecular formula is C17H18O. The van der Waals surface area contributed by atoms with Crippen LogP contribution < -0.4 is 4.74 Å². The lowest BCUT2D eigenvalue weighted by molar-refractivity contribution is 0.414. The molecule has 0 aliphatic rings. The molecule has 2 aromatic carbocycles. The van der Waals surface area contributed by atoms with Crippen molar-refractivity contribution in [3.8, 4) is 5.75 Å². The number of aryl methyl sites for hydroxylation is 2. The molecule has 0 heterocycles. The monoisotopic (exact) mass is 238 g/mol. The summed E-state index contributed by atoms with van der Waals surface area (Å²) in [4.78, 5) is 0. The fraction of sp³-hybridized carbons (Fsp3) is 0.176. The summed E-state index contributed by atoms with van der Waals surface area (Å²) in [5, 5.41) is 0. The molecule has 0 aromatic heterocycles. The van der Waals surface area contributed by atoms with Crippen molar-refractivity contribution in [3.63, 3.8) is 0 Å². The maximum absolute atomic E-state index is 5.27. The van der Waals surface area contributed by atoms with E-state index in [2.05, 4.69) is 56.3 Å². The van der Waals surface area contributed by atoms with Crippen LogP contribution in [0.5, 0.6) is 5.75 Å². The van der Waals surface area contributed by atoms with Gasteiger partial charge in [-0.2, -0.15) is 0 Å². The lowest BCUT2D eigenvalue weighted by atomic mass is 10.1. The number of hydrogen-bond donors (Lipinski definition) is 0. The molecule has 0 atom stereocenters. The number of rotatable bonds is 3. The standard InChI is InChI=1S/C17H18O/c1-13-4-6-15(7-5-13)8-9-16-10-14(2)11-17(12-16)18-3/h4-12H,1-3H3/b9-8-. The van der Waals surface area contributed by atoms with E-state index in [0.29, 0.717) is 0 Å². The van der Waals surface area contributed by atoms with Crippen LogP contribution in [0.2, 0.25) is 0 Å². The van der Waals surface area contributed by atoms with E-state index in [1.54, 1.807) is 7.11 Å². The van der Waals surface area contributed by atoms with E-state index in [9.17, 15) is 0 Å². The van der Waals surface area contributed by atoms with Crippen molar-refractivity contribution >= 4 is 12.2 Å². The van der Waals surface area contributed by atoms with Crippen LogP contribution in [0.25, 0.3) is 12.2 Å².